The predicted molar refractivity (Wildman–Crippen MR) is 113 cm³/mol. The molecule has 2 rings (SSSR count). The number of hydrogen-bond donors (Lipinski definition) is 4. The highest BCUT2D eigenvalue weighted by Crippen LogP contribution is 2.21. The van der Waals surface area contributed by atoms with Crippen molar-refractivity contribution in [1.82, 2.24) is 9.62 Å². The molecule has 2 aromatic rings. The van der Waals surface area contributed by atoms with Crippen molar-refractivity contribution in [3.63, 3.8) is 0 Å². The van der Waals surface area contributed by atoms with Crippen LogP contribution in [-0.4, -0.2) is 59.4 Å². The Morgan fingerprint density at radius 3 is 2.17 bits per heavy atom. The number of carbonyl (C=O) groups is 1. The molecule has 0 spiro atoms. The second-order valence-corrected chi connectivity index (χ2v) is 9.46. The van der Waals surface area contributed by atoms with Crippen LogP contribution in [0.4, 0.5) is 4.79 Å². The molecule has 1 amide bonds. The molecule has 9 heteroatoms. The van der Waals surface area contributed by atoms with Gasteiger partial charge in [0.25, 0.3) is 0 Å². The minimum atomic E-state index is -3.96. The van der Waals surface area contributed by atoms with Gasteiger partial charge in [-0.2, -0.15) is 4.31 Å². The van der Waals surface area contributed by atoms with Crippen LogP contribution in [0.15, 0.2) is 59.5 Å². The van der Waals surface area contributed by atoms with Gasteiger partial charge < -0.3 is 20.6 Å². The van der Waals surface area contributed by atoms with E-state index in [4.69, 9.17) is 0 Å². The molecule has 0 fully saturated rings. The topological polar surface area (TPSA) is 127 Å². The molecule has 2 aromatic carbocycles. The maximum Gasteiger partial charge on any atom is 0.404 e. The molecule has 0 bridgehead atoms. The van der Waals surface area contributed by atoms with Crippen molar-refractivity contribution in [2.75, 3.05) is 13.1 Å². The summed E-state index contributed by atoms with van der Waals surface area (Å²) < 4.78 is 27.4. The first kappa shape index (κ1) is 23.7. The zero-order valence-electron chi connectivity index (χ0n) is 17.0. The van der Waals surface area contributed by atoms with E-state index in [9.17, 15) is 28.5 Å². The molecule has 0 saturated heterocycles. The minimum absolute atomic E-state index is 0.0149. The lowest BCUT2D eigenvalue weighted by molar-refractivity contribution is 0.0980. The number of aromatic hydroxyl groups is 1. The normalized spacial score (nSPS) is 13.9. The third-order valence-corrected chi connectivity index (χ3v) is 6.35. The van der Waals surface area contributed by atoms with Crippen molar-refractivity contribution >= 4 is 16.1 Å². The summed E-state index contributed by atoms with van der Waals surface area (Å²) in [6, 6.07) is 13.3. The number of aliphatic hydroxyl groups excluding tert-OH is 1. The van der Waals surface area contributed by atoms with E-state index in [1.54, 1.807) is 12.1 Å². The van der Waals surface area contributed by atoms with Gasteiger partial charge >= 0.3 is 6.09 Å². The fourth-order valence-electron chi connectivity index (χ4n) is 3.09. The molecule has 164 valence electrons. The zero-order chi connectivity index (χ0) is 22.3. The van der Waals surface area contributed by atoms with Crippen molar-refractivity contribution in [2.24, 2.45) is 5.92 Å². The van der Waals surface area contributed by atoms with Gasteiger partial charge in [-0.15, -0.1) is 0 Å². The molecular weight excluding hydrogens is 408 g/mol. The molecule has 30 heavy (non-hydrogen) atoms. The smallest absolute Gasteiger partial charge is 0.404 e. The lowest BCUT2D eigenvalue weighted by Gasteiger charge is -2.30. The van der Waals surface area contributed by atoms with Gasteiger partial charge in [0.15, 0.2) is 0 Å². The quantitative estimate of drug-likeness (QED) is 0.453. The van der Waals surface area contributed by atoms with Crippen LogP contribution in [-0.2, 0) is 16.4 Å². The van der Waals surface area contributed by atoms with Gasteiger partial charge in [0, 0.05) is 13.1 Å². The van der Waals surface area contributed by atoms with E-state index in [-0.39, 0.29) is 36.1 Å². The van der Waals surface area contributed by atoms with Gasteiger partial charge in [-0.1, -0.05) is 44.2 Å². The number of phenols is 1. The second kappa shape index (κ2) is 10.4. The summed E-state index contributed by atoms with van der Waals surface area (Å²) in [6.07, 6.45) is -2.36. The number of nitrogens with zero attached hydrogens (tertiary/aromatic N) is 1. The Bertz CT molecular complexity index is 916. The standard InChI is InChI=1S/C21H28N2O6S/c1-15(2)13-23(30(28,29)18-10-8-17(24)9-11-18)14-20(25)19(22-21(26)27)12-16-6-4-3-5-7-16/h3-11,15,19-20,22,24-25H,12-14H2,1-2H3,(H,26,27)/t19-,20+/m0/s1. The van der Waals surface area contributed by atoms with Gasteiger partial charge in [-0.3, -0.25) is 0 Å². The molecule has 8 nitrogen and oxygen atoms in total. The summed E-state index contributed by atoms with van der Waals surface area (Å²) >= 11 is 0. The highest BCUT2D eigenvalue weighted by atomic mass is 32.2. The van der Waals surface area contributed by atoms with E-state index in [0.717, 1.165) is 9.87 Å². The number of phenolic OH excluding ortho intramolecular Hbond substituents is 1. The van der Waals surface area contributed by atoms with E-state index in [1.165, 1.54) is 24.3 Å². The first-order valence-corrected chi connectivity index (χ1v) is 11.0. The van der Waals surface area contributed by atoms with Gasteiger partial charge in [0.1, 0.15) is 5.75 Å². The number of amides is 1. The molecular formula is C21H28N2O6S. The summed E-state index contributed by atoms with van der Waals surface area (Å²) in [6.45, 7) is 3.57. The summed E-state index contributed by atoms with van der Waals surface area (Å²) in [5, 5.41) is 31.7. The number of aliphatic hydroxyl groups is 1. The van der Waals surface area contributed by atoms with E-state index in [2.05, 4.69) is 5.32 Å². The van der Waals surface area contributed by atoms with Gasteiger partial charge in [-0.05, 0) is 42.2 Å². The molecule has 0 aromatic heterocycles. The zero-order valence-corrected chi connectivity index (χ0v) is 17.8. The summed E-state index contributed by atoms with van der Waals surface area (Å²) in [5.74, 6) is -0.0814. The average molecular weight is 437 g/mol. The highest BCUT2D eigenvalue weighted by molar-refractivity contribution is 7.89. The van der Waals surface area contributed by atoms with E-state index >= 15 is 0 Å². The van der Waals surface area contributed by atoms with Crippen LogP contribution < -0.4 is 5.32 Å². The van der Waals surface area contributed by atoms with E-state index in [0.29, 0.717) is 0 Å². The fourth-order valence-corrected chi connectivity index (χ4v) is 4.71. The lowest BCUT2D eigenvalue weighted by Crippen LogP contribution is -2.50. The molecule has 0 saturated carbocycles. The third kappa shape index (κ3) is 6.72. The van der Waals surface area contributed by atoms with Crippen LogP contribution in [0, 0.1) is 5.92 Å². The number of sulfonamides is 1. The van der Waals surface area contributed by atoms with Crippen LogP contribution in [0.25, 0.3) is 0 Å². The number of nitrogens with one attached hydrogen (secondary N) is 1. The number of carboxylic acid groups (broad SMARTS) is 1. The van der Waals surface area contributed by atoms with E-state index in [1.807, 2.05) is 32.0 Å². The summed E-state index contributed by atoms with van der Waals surface area (Å²) in [5.41, 5.74) is 0.812. The molecule has 0 radical (unpaired) electrons. The van der Waals surface area contributed by atoms with Crippen LogP contribution in [0.2, 0.25) is 0 Å². The molecule has 0 heterocycles. The molecule has 4 N–H and O–H groups in total. The SMILES string of the molecule is CC(C)CN(C[C@@H](O)[C@H](Cc1ccccc1)NC(=O)O)S(=O)(=O)c1ccc(O)cc1. The maximum atomic E-state index is 13.1. The van der Waals surface area contributed by atoms with Crippen molar-refractivity contribution in [3.8, 4) is 5.75 Å². The van der Waals surface area contributed by atoms with Crippen LogP contribution in [0.3, 0.4) is 0 Å². The highest BCUT2D eigenvalue weighted by Gasteiger charge is 2.31. The number of benzene rings is 2. The van der Waals surface area contributed by atoms with Gasteiger partial charge in [0.05, 0.1) is 17.0 Å². The van der Waals surface area contributed by atoms with E-state index < -0.39 is 28.3 Å². The molecule has 0 aliphatic rings. The van der Waals surface area contributed by atoms with Crippen molar-refractivity contribution in [3.05, 3.63) is 60.2 Å². The fraction of sp³-hybridized carbons (Fsp3) is 0.381. The largest absolute Gasteiger partial charge is 0.508 e. The Kier molecular flexibility index (Phi) is 8.22. The Morgan fingerprint density at radius 2 is 1.63 bits per heavy atom. The van der Waals surface area contributed by atoms with Crippen LogP contribution in [0.1, 0.15) is 19.4 Å². The first-order valence-electron chi connectivity index (χ1n) is 9.60. The molecule has 0 aliphatic heterocycles. The van der Waals surface area contributed by atoms with Crippen molar-refractivity contribution in [1.29, 1.82) is 0 Å². The van der Waals surface area contributed by atoms with Crippen LogP contribution >= 0.6 is 0 Å². The Morgan fingerprint density at radius 1 is 1.03 bits per heavy atom. The average Bonchev–Trinajstić information content (AvgIpc) is 2.67. The predicted octanol–water partition coefficient (Wildman–Crippen LogP) is 2.28. The Balaban J connectivity index is 2.27. The van der Waals surface area contributed by atoms with Crippen LogP contribution in [0.5, 0.6) is 5.75 Å². The Labute approximate surface area is 176 Å². The lowest BCUT2D eigenvalue weighted by atomic mass is 10.0. The molecule has 2 atom stereocenters. The monoisotopic (exact) mass is 436 g/mol. The second-order valence-electron chi connectivity index (χ2n) is 7.52. The number of rotatable bonds is 10. The summed E-state index contributed by atoms with van der Waals surface area (Å²) in [4.78, 5) is 11.2. The minimum Gasteiger partial charge on any atom is -0.508 e. The van der Waals surface area contributed by atoms with Gasteiger partial charge in [0.2, 0.25) is 10.0 Å². The number of hydrogen-bond acceptors (Lipinski definition) is 5. The molecule has 0 unspecified atom stereocenters. The van der Waals surface area contributed by atoms with Gasteiger partial charge in [-0.25, -0.2) is 13.2 Å². The Hall–Kier alpha value is -2.62. The summed E-state index contributed by atoms with van der Waals surface area (Å²) in [7, 11) is -3.96. The maximum absolute atomic E-state index is 13.1. The van der Waals surface area contributed by atoms with Crippen molar-refractivity contribution in [2.45, 2.75) is 37.3 Å². The molecule has 0 aliphatic carbocycles. The first-order chi connectivity index (χ1) is 14.1. The third-order valence-electron chi connectivity index (χ3n) is 4.51. The van der Waals surface area contributed by atoms with Crippen molar-refractivity contribution < 1.29 is 28.5 Å².